The number of hydrogen-bond donors (Lipinski definition) is 1. The highest BCUT2D eigenvalue weighted by Gasteiger charge is 2.28. The largest absolute Gasteiger partial charge is 0.322 e. The second-order valence-corrected chi connectivity index (χ2v) is 14.3. The zero-order valence-corrected chi connectivity index (χ0v) is 25.3. The molecule has 0 radical (unpaired) electrons. The number of hydrogen-bond acceptors (Lipinski definition) is 5. The molecule has 11 heteroatoms. The summed E-state index contributed by atoms with van der Waals surface area (Å²) in [6.45, 7) is 2.88. The first kappa shape index (κ1) is 29.8. The van der Waals surface area contributed by atoms with Crippen LogP contribution in [-0.2, 0) is 26.6 Å². The smallest absolute Gasteiger partial charge is 0.264 e. The summed E-state index contributed by atoms with van der Waals surface area (Å²) < 4.78 is 55.7. The quantitative estimate of drug-likeness (QED) is 0.243. The summed E-state index contributed by atoms with van der Waals surface area (Å²) in [5.74, 6) is -0.379. The molecule has 218 valence electrons. The van der Waals surface area contributed by atoms with E-state index in [2.05, 4.69) is 5.32 Å². The summed E-state index contributed by atoms with van der Waals surface area (Å²) in [6.07, 6.45) is 1.71. The fraction of sp³-hybridized carbons (Fsp3) is 0.194. The molecule has 1 amide bonds. The van der Waals surface area contributed by atoms with Gasteiger partial charge in [0, 0.05) is 29.4 Å². The highest BCUT2D eigenvalue weighted by atomic mass is 35.5. The van der Waals surface area contributed by atoms with E-state index < -0.39 is 20.0 Å². The zero-order valence-electron chi connectivity index (χ0n) is 22.9. The molecule has 0 spiro atoms. The van der Waals surface area contributed by atoms with Gasteiger partial charge in [-0.3, -0.25) is 9.10 Å². The first-order chi connectivity index (χ1) is 20.1. The highest BCUT2D eigenvalue weighted by molar-refractivity contribution is 7.92. The van der Waals surface area contributed by atoms with Crippen LogP contribution in [0.3, 0.4) is 0 Å². The summed E-state index contributed by atoms with van der Waals surface area (Å²) >= 11 is 6.24. The molecular weight excluding hydrogens is 594 g/mol. The van der Waals surface area contributed by atoms with Crippen LogP contribution in [0.2, 0.25) is 5.02 Å². The van der Waals surface area contributed by atoms with E-state index in [0.717, 1.165) is 18.4 Å². The van der Waals surface area contributed by atoms with Crippen molar-refractivity contribution in [2.45, 2.75) is 36.1 Å². The van der Waals surface area contributed by atoms with E-state index in [1.54, 1.807) is 84.9 Å². The molecule has 0 atom stereocenters. The number of nitrogens with one attached hydrogen (secondary N) is 1. The summed E-state index contributed by atoms with van der Waals surface area (Å²) in [6, 6.07) is 26.0. The van der Waals surface area contributed by atoms with Gasteiger partial charge in [0.05, 0.1) is 22.0 Å². The number of benzene rings is 4. The van der Waals surface area contributed by atoms with Crippen LogP contribution in [0.25, 0.3) is 0 Å². The molecule has 1 aliphatic rings. The summed E-state index contributed by atoms with van der Waals surface area (Å²) in [5.41, 5.74) is 2.70. The Morgan fingerprint density at radius 2 is 1.48 bits per heavy atom. The molecular formula is C31H30ClN3O5S2. The number of rotatable bonds is 9. The van der Waals surface area contributed by atoms with E-state index in [1.807, 2.05) is 6.92 Å². The lowest BCUT2D eigenvalue weighted by Gasteiger charge is -2.26. The van der Waals surface area contributed by atoms with E-state index in [4.69, 9.17) is 11.6 Å². The third-order valence-electron chi connectivity index (χ3n) is 7.13. The van der Waals surface area contributed by atoms with Gasteiger partial charge in [0.2, 0.25) is 10.0 Å². The molecule has 5 rings (SSSR count). The van der Waals surface area contributed by atoms with E-state index in [9.17, 15) is 21.6 Å². The van der Waals surface area contributed by atoms with Crippen molar-refractivity contribution in [3.8, 4) is 0 Å². The van der Waals surface area contributed by atoms with Crippen LogP contribution in [0, 0.1) is 6.92 Å². The van der Waals surface area contributed by atoms with Crippen LogP contribution in [0.15, 0.2) is 107 Å². The van der Waals surface area contributed by atoms with Crippen LogP contribution >= 0.6 is 11.6 Å². The van der Waals surface area contributed by atoms with Crippen LogP contribution < -0.4 is 9.62 Å². The number of halogens is 1. The molecule has 0 unspecified atom stereocenters. The Hall–Kier alpha value is -3.70. The van der Waals surface area contributed by atoms with Gasteiger partial charge in [-0.2, -0.15) is 4.31 Å². The van der Waals surface area contributed by atoms with Gasteiger partial charge in [-0.25, -0.2) is 16.8 Å². The Morgan fingerprint density at radius 1 is 0.833 bits per heavy atom. The topological polar surface area (TPSA) is 104 Å². The Bertz CT molecular complexity index is 1790. The maximum absolute atomic E-state index is 13.7. The van der Waals surface area contributed by atoms with E-state index in [1.165, 1.54) is 20.7 Å². The van der Waals surface area contributed by atoms with Crippen molar-refractivity contribution in [1.29, 1.82) is 0 Å². The minimum absolute atomic E-state index is 0.0211. The van der Waals surface area contributed by atoms with Crippen molar-refractivity contribution < 1.29 is 21.6 Å². The van der Waals surface area contributed by atoms with Gasteiger partial charge >= 0.3 is 0 Å². The number of carbonyl (C=O) groups excluding carboxylic acids is 1. The van der Waals surface area contributed by atoms with E-state index in [-0.39, 0.29) is 22.2 Å². The monoisotopic (exact) mass is 623 g/mol. The predicted molar refractivity (Wildman–Crippen MR) is 165 cm³/mol. The summed E-state index contributed by atoms with van der Waals surface area (Å²) in [5, 5.41) is 3.20. The van der Waals surface area contributed by atoms with Crippen molar-refractivity contribution in [3.63, 3.8) is 0 Å². The molecule has 42 heavy (non-hydrogen) atoms. The van der Waals surface area contributed by atoms with Gasteiger partial charge in [-0.05, 0) is 91.6 Å². The third kappa shape index (κ3) is 6.37. The van der Waals surface area contributed by atoms with Crippen molar-refractivity contribution in [2.75, 3.05) is 22.7 Å². The van der Waals surface area contributed by atoms with Gasteiger partial charge in [0.1, 0.15) is 0 Å². The Labute approximate surface area is 251 Å². The predicted octanol–water partition coefficient (Wildman–Crippen LogP) is 6.08. The number of aryl methyl sites for hydroxylation is 1. The average Bonchev–Trinajstić information content (AvgIpc) is 3.55. The fourth-order valence-corrected chi connectivity index (χ4v) is 8.00. The van der Waals surface area contributed by atoms with Crippen molar-refractivity contribution in [1.82, 2.24) is 4.31 Å². The van der Waals surface area contributed by atoms with Gasteiger partial charge < -0.3 is 5.32 Å². The van der Waals surface area contributed by atoms with Crippen molar-refractivity contribution >= 4 is 48.9 Å². The third-order valence-corrected chi connectivity index (χ3v) is 11.1. The first-order valence-electron chi connectivity index (χ1n) is 13.4. The second kappa shape index (κ2) is 12.3. The maximum Gasteiger partial charge on any atom is 0.264 e. The average molecular weight is 624 g/mol. The van der Waals surface area contributed by atoms with Crippen molar-refractivity contribution in [3.05, 3.63) is 119 Å². The SMILES string of the molecule is Cc1ccc(Cl)cc1N(Cc1ccc(C(=O)Nc2ccc(S(=O)(=O)N3CCCC3)cc2)cc1)S(=O)(=O)c1ccccc1. The maximum atomic E-state index is 13.7. The molecule has 0 aliphatic carbocycles. The van der Waals surface area contributed by atoms with Crippen LogP contribution in [0.5, 0.6) is 0 Å². The van der Waals surface area contributed by atoms with Crippen molar-refractivity contribution in [2.24, 2.45) is 0 Å². The Kier molecular flexibility index (Phi) is 8.70. The Balaban J connectivity index is 1.33. The van der Waals surface area contributed by atoms with Gasteiger partial charge in [-0.1, -0.05) is 48.0 Å². The first-order valence-corrected chi connectivity index (χ1v) is 16.7. The molecule has 1 heterocycles. The normalized spacial score (nSPS) is 14.0. The molecule has 1 aliphatic heterocycles. The van der Waals surface area contributed by atoms with Gasteiger partial charge in [0.25, 0.3) is 15.9 Å². The van der Waals surface area contributed by atoms with Gasteiger partial charge in [0.15, 0.2) is 0 Å². The Morgan fingerprint density at radius 3 is 2.12 bits per heavy atom. The molecule has 4 aromatic carbocycles. The minimum Gasteiger partial charge on any atom is -0.322 e. The molecule has 4 aromatic rings. The molecule has 1 fully saturated rings. The lowest BCUT2D eigenvalue weighted by molar-refractivity contribution is 0.102. The lowest BCUT2D eigenvalue weighted by atomic mass is 10.1. The van der Waals surface area contributed by atoms with E-state index in [0.29, 0.717) is 40.6 Å². The van der Waals surface area contributed by atoms with Crippen LogP contribution in [-0.4, -0.2) is 40.1 Å². The number of nitrogens with zero attached hydrogens (tertiary/aromatic N) is 2. The molecule has 0 bridgehead atoms. The fourth-order valence-electron chi connectivity index (χ4n) is 4.79. The molecule has 0 saturated carbocycles. The standard InChI is InChI=1S/C31H30ClN3O5S2/c1-23-9-14-26(32)21-30(23)35(42(39,40)28-7-3-2-4-8-28)22-24-10-12-25(13-11-24)31(36)33-27-15-17-29(18-16-27)41(37,38)34-19-5-6-20-34/h2-4,7-18,21H,5-6,19-20,22H2,1H3,(H,33,36). The molecule has 1 N–H and O–H groups in total. The lowest BCUT2D eigenvalue weighted by Crippen LogP contribution is -2.31. The van der Waals surface area contributed by atoms with Crippen LogP contribution in [0.4, 0.5) is 11.4 Å². The zero-order chi connectivity index (χ0) is 29.9. The number of amides is 1. The van der Waals surface area contributed by atoms with Gasteiger partial charge in [-0.15, -0.1) is 0 Å². The molecule has 8 nitrogen and oxygen atoms in total. The number of carbonyl (C=O) groups is 1. The summed E-state index contributed by atoms with van der Waals surface area (Å²) in [7, 11) is -7.47. The minimum atomic E-state index is -3.93. The molecule has 1 saturated heterocycles. The number of sulfonamides is 2. The van der Waals surface area contributed by atoms with E-state index >= 15 is 0 Å². The number of anilines is 2. The highest BCUT2D eigenvalue weighted by Crippen LogP contribution is 2.31. The second-order valence-electron chi connectivity index (χ2n) is 10.0. The molecule has 0 aromatic heterocycles. The summed E-state index contributed by atoms with van der Waals surface area (Å²) in [4.78, 5) is 13.3. The van der Waals surface area contributed by atoms with Crippen LogP contribution in [0.1, 0.15) is 34.3 Å².